The molecular weight excluding hydrogens is 224 g/mol. The van der Waals surface area contributed by atoms with Crippen LogP contribution in [0.3, 0.4) is 0 Å². The molecule has 0 atom stereocenters. The lowest BCUT2D eigenvalue weighted by atomic mass is 10.1. The quantitative estimate of drug-likeness (QED) is 0.819. The SMILES string of the molecule is COCc1cc(-c2cccnn2)ccc1Cl. The molecule has 0 unspecified atom stereocenters. The first kappa shape index (κ1) is 11.0. The summed E-state index contributed by atoms with van der Waals surface area (Å²) in [5, 5.41) is 8.59. The Balaban J connectivity index is 2.40. The first-order valence-corrected chi connectivity index (χ1v) is 5.24. The number of hydrogen-bond donors (Lipinski definition) is 0. The van der Waals surface area contributed by atoms with Crippen LogP contribution in [0.25, 0.3) is 11.3 Å². The standard InChI is InChI=1S/C12H11ClN2O/c1-16-8-10-7-9(4-5-11(10)13)12-3-2-6-14-15-12/h2-7H,8H2,1H3. The van der Waals surface area contributed by atoms with Crippen molar-refractivity contribution >= 4 is 11.6 Å². The van der Waals surface area contributed by atoms with Crippen LogP contribution in [-0.2, 0) is 11.3 Å². The first-order chi connectivity index (χ1) is 7.81. The normalized spacial score (nSPS) is 10.4. The Morgan fingerprint density at radius 2 is 2.19 bits per heavy atom. The van der Waals surface area contributed by atoms with E-state index in [1.807, 2.05) is 30.3 Å². The maximum atomic E-state index is 6.05. The van der Waals surface area contributed by atoms with Crippen LogP contribution in [0.5, 0.6) is 0 Å². The second-order valence-corrected chi connectivity index (χ2v) is 3.76. The molecule has 0 bridgehead atoms. The largest absolute Gasteiger partial charge is 0.380 e. The van der Waals surface area contributed by atoms with Gasteiger partial charge in [0.05, 0.1) is 12.3 Å². The van der Waals surface area contributed by atoms with Crippen LogP contribution in [0, 0.1) is 0 Å². The monoisotopic (exact) mass is 234 g/mol. The van der Waals surface area contributed by atoms with Crippen molar-refractivity contribution in [3.8, 4) is 11.3 Å². The predicted octanol–water partition coefficient (Wildman–Crippen LogP) is 2.94. The third kappa shape index (κ3) is 2.38. The Labute approximate surface area is 99.0 Å². The molecule has 2 aromatic rings. The van der Waals surface area contributed by atoms with Crippen molar-refractivity contribution in [2.45, 2.75) is 6.61 Å². The van der Waals surface area contributed by atoms with E-state index in [1.165, 1.54) is 0 Å². The molecule has 0 amide bonds. The van der Waals surface area contributed by atoms with Gasteiger partial charge in [0.2, 0.25) is 0 Å². The van der Waals surface area contributed by atoms with Gasteiger partial charge in [0.25, 0.3) is 0 Å². The molecule has 0 N–H and O–H groups in total. The van der Waals surface area contributed by atoms with Crippen LogP contribution in [-0.4, -0.2) is 17.3 Å². The Hall–Kier alpha value is -1.45. The zero-order chi connectivity index (χ0) is 11.4. The van der Waals surface area contributed by atoms with E-state index in [2.05, 4.69) is 10.2 Å². The number of halogens is 1. The highest BCUT2D eigenvalue weighted by Gasteiger charge is 2.04. The number of aromatic nitrogens is 2. The van der Waals surface area contributed by atoms with E-state index < -0.39 is 0 Å². The Bertz CT molecular complexity index is 474. The lowest BCUT2D eigenvalue weighted by Gasteiger charge is -2.05. The highest BCUT2D eigenvalue weighted by atomic mass is 35.5. The summed E-state index contributed by atoms with van der Waals surface area (Å²) < 4.78 is 5.08. The van der Waals surface area contributed by atoms with Crippen molar-refractivity contribution in [3.63, 3.8) is 0 Å². The van der Waals surface area contributed by atoms with Crippen molar-refractivity contribution < 1.29 is 4.74 Å². The number of ether oxygens (including phenoxy) is 1. The molecular formula is C12H11ClN2O. The maximum absolute atomic E-state index is 6.05. The minimum Gasteiger partial charge on any atom is -0.380 e. The van der Waals surface area contributed by atoms with E-state index in [4.69, 9.17) is 16.3 Å². The van der Waals surface area contributed by atoms with E-state index in [1.54, 1.807) is 13.3 Å². The maximum Gasteiger partial charge on any atom is 0.0929 e. The summed E-state index contributed by atoms with van der Waals surface area (Å²) in [6.07, 6.45) is 1.65. The van der Waals surface area contributed by atoms with E-state index >= 15 is 0 Å². The fraction of sp³-hybridized carbons (Fsp3) is 0.167. The van der Waals surface area contributed by atoms with Crippen LogP contribution in [0.2, 0.25) is 5.02 Å². The van der Waals surface area contributed by atoms with Gasteiger partial charge >= 0.3 is 0 Å². The van der Waals surface area contributed by atoms with Crippen LogP contribution in [0.15, 0.2) is 36.5 Å². The van der Waals surface area contributed by atoms with Crippen molar-refractivity contribution in [2.24, 2.45) is 0 Å². The zero-order valence-electron chi connectivity index (χ0n) is 8.85. The highest BCUT2D eigenvalue weighted by Crippen LogP contribution is 2.23. The van der Waals surface area contributed by atoms with Crippen LogP contribution in [0.1, 0.15) is 5.56 Å². The van der Waals surface area contributed by atoms with E-state index in [9.17, 15) is 0 Å². The molecule has 1 aromatic heterocycles. The Morgan fingerprint density at radius 1 is 1.31 bits per heavy atom. The molecule has 82 valence electrons. The number of methoxy groups -OCH3 is 1. The first-order valence-electron chi connectivity index (χ1n) is 4.86. The van der Waals surface area contributed by atoms with E-state index in [-0.39, 0.29) is 0 Å². The second kappa shape index (κ2) is 5.05. The summed E-state index contributed by atoms with van der Waals surface area (Å²) >= 11 is 6.05. The molecule has 16 heavy (non-hydrogen) atoms. The minimum absolute atomic E-state index is 0.493. The van der Waals surface area contributed by atoms with Gasteiger partial charge in [-0.3, -0.25) is 0 Å². The topological polar surface area (TPSA) is 35.0 Å². The van der Waals surface area contributed by atoms with Gasteiger partial charge < -0.3 is 4.74 Å². The predicted molar refractivity (Wildman–Crippen MR) is 63.2 cm³/mol. The highest BCUT2D eigenvalue weighted by molar-refractivity contribution is 6.31. The number of benzene rings is 1. The molecule has 3 nitrogen and oxygen atoms in total. The summed E-state index contributed by atoms with van der Waals surface area (Å²) in [6, 6.07) is 9.50. The third-order valence-electron chi connectivity index (χ3n) is 2.21. The minimum atomic E-state index is 0.493. The number of rotatable bonds is 3. The van der Waals surface area contributed by atoms with Crippen LogP contribution < -0.4 is 0 Å². The molecule has 0 saturated carbocycles. The summed E-state index contributed by atoms with van der Waals surface area (Å²) in [5.41, 5.74) is 2.77. The summed E-state index contributed by atoms with van der Waals surface area (Å²) in [4.78, 5) is 0. The van der Waals surface area contributed by atoms with Gasteiger partial charge in [-0.1, -0.05) is 17.7 Å². The lowest BCUT2D eigenvalue weighted by molar-refractivity contribution is 0.185. The van der Waals surface area contributed by atoms with Gasteiger partial charge in [-0.05, 0) is 29.8 Å². The van der Waals surface area contributed by atoms with Crippen molar-refractivity contribution in [2.75, 3.05) is 7.11 Å². The third-order valence-corrected chi connectivity index (χ3v) is 2.58. The molecule has 0 aliphatic rings. The fourth-order valence-corrected chi connectivity index (χ4v) is 1.63. The fourth-order valence-electron chi connectivity index (χ4n) is 1.46. The van der Waals surface area contributed by atoms with Gasteiger partial charge in [0.1, 0.15) is 0 Å². The van der Waals surface area contributed by atoms with Gasteiger partial charge in [-0.15, -0.1) is 0 Å². The zero-order valence-corrected chi connectivity index (χ0v) is 9.61. The molecule has 1 aromatic carbocycles. The summed E-state index contributed by atoms with van der Waals surface area (Å²) in [7, 11) is 1.64. The Morgan fingerprint density at radius 3 is 2.88 bits per heavy atom. The van der Waals surface area contributed by atoms with E-state index in [0.29, 0.717) is 11.6 Å². The Kier molecular flexibility index (Phi) is 3.49. The average Bonchev–Trinajstić information content (AvgIpc) is 2.33. The molecule has 0 spiro atoms. The average molecular weight is 235 g/mol. The molecule has 2 rings (SSSR count). The molecule has 4 heteroatoms. The molecule has 0 aliphatic carbocycles. The molecule has 0 fully saturated rings. The molecule has 0 radical (unpaired) electrons. The van der Waals surface area contributed by atoms with Crippen LogP contribution in [0.4, 0.5) is 0 Å². The van der Waals surface area contributed by atoms with Gasteiger partial charge in [0, 0.05) is 23.9 Å². The lowest BCUT2D eigenvalue weighted by Crippen LogP contribution is -1.91. The molecule has 0 saturated heterocycles. The second-order valence-electron chi connectivity index (χ2n) is 3.35. The number of hydrogen-bond acceptors (Lipinski definition) is 3. The van der Waals surface area contributed by atoms with Gasteiger partial charge in [-0.2, -0.15) is 10.2 Å². The molecule has 0 aliphatic heterocycles. The van der Waals surface area contributed by atoms with Crippen molar-refractivity contribution in [3.05, 3.63) is 47.1 Å². The van der Waals surface area contributed by atoms with E-state index in [0.717, 1.165) is 16.8 Å². The molecule has 1 heterocycles. The van der Waals surface area contributed by atoms with Crippen molar-refractivity contribution in [1.29, 1.82) is 0 Å². The van der Waals surface area contributed by atoms with Gasteiger partial charge in [0.15, 0.2) is 0 Å². The summed E-state index contributed by atoms with van der Waals surface area (Å²) in [6.45, 7) is 0.493. The number of nitrogens with zero attached hydrogens (tertiary/aromatic N) is 2. The summed E-state index contributed by atoms with van der Waals surface area (Å²) in [5.74, 6) is 0. The van der Waals surface area contributed by atoms with Gasteiger partial charge in [-0.25, -0.2) is 0 Å². The smallest absolute Gasteiger partial charge is 0.0929 e. The van der Waals surface area contributed by atoms with Crippen molar-refractivity contribution in [1.82, 2.24) is 10.2 Å². The van der Waals surface area contributed by atoms with Crippen LogP contribution >= 0.6 is 11.6 Å².